The van der Waals surface area contributed by atoms with E-state index in [-0.39, 0.29) is 0 Å². The maximum atomic E-state index is 6.24. The van der Waals surface area contributed by atoms with Crippen molar-refractivity contribution in [2.45, 2.75) is 43.6 Å². The van der Waals surface area contributed by atoms with Crippen LogP contribution in [0.15, 0.2) is 12.1 Å². The molecule has 3 aliphatic heterocycles. The van der Waals surface area contributed by atoms with E-state index in [9.17, 15) is 0 Å². The van der Waals surface area contributed by atoms with Gasteiger partial charge in [0.25, 0.3) is 0 Å². The standard InChI is InChI=1S/C18H27NO2S2/c1-14-2-3-17(23-14)9-19-12-18(13-19)8-16(11-22-18)21-10-15-4-6-20-7-5-15/h2-3,15-16H,4-13H2,1H3/t16-/m1/s1. The van der Waals surface area contributed by atoms with E-state index in [1.807, 2.05) is 11.3 Å². The van der Waals surface area contributed by atoms with E-state index >= 15 is 0 Å². The number of thioether (sulfide) groups is 1. The maximum Gasteiger partial charge on any atom is 0.0680 e. The molecule has 0 saturated carbocycles. The lowest BCUT2D eigenvalue weighted by Gasteiger charge is -2.47. The zero-order valence-corrected chi connectivity index (χ0v) is 15.6. The lowest BCUT2D eigenvalue weighted by Crippen LogP contribution is -2.58. The van der Waals surface area contributed by atoms with Gasteiger partial charge in [-0.3, -0.25) is 4.90 Å². The highest BCUT2D eigenvalue weighted by Crippen LogP contribution is 2.46. The van der Waals surface area contributed by atoms with Crippen LogP contribution in [0.5, 0.6) is 0 Å². The molecule has 1 atom stereocenters. The van der Waals surface area contributed by atoms with Gasteiger partial charge in [0.2, 0.25) is 0 Å². The van der Waals surface area contributed by atoms with E-state index in [1.165, 1.54) is 47.9 Å². The van der Waals surface area contributed by atoms with Gasteiger partial charge in [0.15, 0.2) is 0 Å². The molecule has 3 fully saturated rings. The molecule has 0 amide bonds. The van der Waals surface area contributed by atoms with Gasteiger partial charge in [0, 0.05) is 59.7 Å². The number of hydrogen-bond acceptors (Lipinski definition) is 5. The van der Waals surface area contributed by atoms with E-state index in [0.717, 1.165) is 32.3 Å². The first-order valence-electron chi connectivity index (χ1n) is 8.82. The first-order chi connectivity index (χ1) is 11.2. The topological polar surface area (TPSA) is 21.7 Å². The second kappa shape index (κ2) is 7.04. The SMILES string of the molecule is Cc1ccc(CN2CC3(C[C@@H](OCC4CCOCC4)CS3)C2)s1. The number of hydrogen-bond donors (Lipinski definition) is 0. The molecule has 1 aromatic heterocycles. The molecule has 1 aromatic rings. The van der Waals surface area contributed by atoms with E-state index in [0.29, 0.717) is 10.9 Å². The molecule has 3 aliphatic rings. The van der Waals surface area contributed by atoms with Crippen LogP contribution in [0.1, 0.15) is 29.0 Å². The molecule has 0 radical (unpaired) electrons. The molecule has 3 nitrogen and oxygen atoms in total. The molecule has 4 rings (SSSR count). The molecule has 128 valence electrons. The Morgan fingerprint density at radius 2 is 2.13 bits per heavy atom. The Morgan fingerprint density at radius 3 is 2.87 bits per heavy atom. The summed E-state index contributed by atoms with van der Waals surface area (Å²) < 4.78 is 12.2. The Balaban J connectivity index is 1.19. The Hall–Kier alpha value is -0.0700. The highest BCUT2D eigenvalue weighted by molar-refractivity contribution is 8.01. The molecule has 0 bridgehead atoms. The minimum Gasteiger partial charge on any atom is -0.381 e. The third-order valence-electron chi connectivity index (χ3n) is 5.28. The lowest BCUT2D eigenvalue weighted by atomic mass is 9.93. The van der Waals surface area contributed by atoms with Crippen LogP contribution in [0.3, 0.4) is 0 Å². The van der Waals surface area contributed by atoms with Crippen LogP contribution >= 0.6 is 23.1 Å². The summed E-state index contributed by atoms with van der Waals surface area (Å²) in [6, 6.07) is 4.52. The van der Waals surface area contributed by atoms with Gasteiger partial charge in [-0.15, -0.1) is 23.1 Å². The minimum atomic E-state index is 0.481. The highest BCUT2D eigenvalue weighted by Gasteiger charge is 2.49. The van der Waals surface area contributed by atoms with Crippen LogP contribution in [0, 0.1) is 12.8 Å². The zero-order chi connectivity index (χ0) is 15.7. The van der Waals surface area contributed by atoms with Gasteiger partial charge in [0.05, 0.1) is 6.10 Å². The quantitative estimate of drug-likeness (QED) is 0.807. The van der Waals surface area contributed by atoms with E-state index < -0.39 is 0 Å². The molecule has 4 heterocycles. The fraction of sp³-hybridized carbons (Fsp3) is 0.778. The van der Waals surface area contributed by atoms with Gasteiger partial charge in [-0.05, 0) is 44.2 Å². The first kappa shape index (κ1) is 16.4. The van der Waals surface area contributed by atoms with Crippen molar-refractivity contribution in [3.63, 3.8) is 0 Å². The summed E-state index contributed by atoms with van der Waals surface area (Å²) in [6.07, 6.45) is 4.09. The van der Waals surface area contributed by atoms with Crippen molar-refractivity contribution >= 4 is 23.1 Å². The zero-order valence-electron chi connectivity index (χ0n) is 14.0. The number of nitrogens with zero attached hydrogens (tertiary/aromatic N) is 1. The summed E-state index contributed by atoms with van der Waals surface area (Å²) in [5.74, 6) is 1.92. The van der Waals surface area contributed by atoms with Crippen molar-refractivity contribution in [2.75, 3.05) is 38.7 Å². The Morgan fingerprint density at radius 1 is 1.30 bits per heavy atom. The highest BCUT2D eigenvalue weighted by atomic mass is 32.2. The van der Waals surface area contributed by atoms with Crippen molar-refractivity contribution < 1.29 is 9.47 Å². The van der Waals surface area contributed by atoms with Gasteiger partial charge in [-0.1, -0.05) is 0 Å². The fourth-order valence-electron chi connectivity index (χ4n) is 3.99. The molecule has 0 unspecified atom stereocenters. The van der Waals surface area contributed by atoms with Crippen LogP contribution in [-0.2, 0) is 16.0 Å². The monoisotopic (exact) mass is 353 g/mol. The Bertz CT molecular complexity index is 521. The van der Waals surface area contributed by atoms with Crippen molar-refractivity contribution in [3.8, 4) is 0 Å². The summed E-state index contributed by atoms with van der Waals surface area (Å²) in [6.45, 7) is 8.61. The van der Waals surface area contributed by atoms with Gasteiger partial charge in [0.1, 0.15) is 0 Å². The Labute approximate surface area is 147 Å². The number of aryl methyl sites for hydroxylation is 1. The molecule has 5 heteroatoms. The third kappa shape index (κ3) is 3.96. The predicted molar refractivity (Wildman–Crippen MR) is 97.4 cm³/mol. The molecule has 0 aliphatic carbocycles. The number of ether oxygens (including phenoxy) is 2. The summed E-state index contributed by atoms with van der Waals surface area (Å²) in [5.41, 5.74) is 0. The van der Waals surface area contributed by atoms with Crippen LogP contribution in [0.2, 0.25) is 0 Å². The van der Waals surface area contributed by atoms with E-state index in [4.69, 9.17) is 9.47 Å². The average molecular weight is 354 g/mol. The minimum absolute atomic E-state index is 0.481. The van der Waals surface area contributed by atoms with Crippen LogP contribution in [0.25, 0.3) is 0 Å². The summed E-state index contributed by atoms with van der Waals surface area (Å²) in [7, 11) is 0. The molecule has 23 heavy (non-hydrogen) atoms. The molecule has 0 N–H and O–H groups in total. The molecule has 3 saturated heterocycles. The van der Waals surface area contributed by atoms with Crippen LogP contribution in [0.4, 0.5) is 0 Å². The fourth-order valence-corrected chi connectivity index (χ4v) is 6.52. The lowest BCUT2D eigenvalue weighted by molar-refractivity contribution is -0.0132. The maximum absolute atomic E-state index is 6.24. The second-order valence-corrected chi connectivity index (χ2v) is 10.2. The van der Waals surface area contributed by atoms with Crippen LogP contribution < -0.4 is 0 Å². The van der Waals surface area contributed by atoms with Gasteiger partial charge < -0.3 is 9.47 Å². The second-order valence-electron chi connectivity index (χ2n) is 7.37. The molecule has 0 aromatic carbocycles. The predicted octanol–water partition coefficient (Wildman–Crippen LogP) is 3.56. The van der Waals surface area contributed by atoms with Gasteiger partial charge >= 0.3 is 0 Å². The van der Waals surface area contributed by atoms with Crippen molar-refractivity contribution in [3.05, 3.63) is 21.9 Å². The van der Waals surface area contributed by atoms with E-state index in [2.05, 4.69) is 35.7 Å². The number of rotatable bonds is 5. The summed E-state index contributed by atoms with van der Waals surface area (Å²) in [4.78, 5) is 5.53. The van der Waals surface area contributed by atoms with Gasteiger partial charge in [-0.2, -0.15) is 0 Å². The molecule has 1 spiro atoms. The van der Waals surface area contributed by atoms with Gasteiger partial charge in [-0.25, -0.2) is 0 Å². The average Bonchev–Trinajstić information content (AvgIpc) is 3.13. The summed E-state index contributed by atoms with van der Waals surface area (Å²) in [5, 5.41) is 0. The first-order valence-corrected chi connectivity index (χ1v) is 10.6. The third-order valence-corrected chi connectivity index (χ3v) is 7.84. The van der Waals surface area contributed by atoms with Crippen molar-refractivity contribution in [1.29, 1.82) is 0 Å². The smallest absolute Gasteiger partial charge is 0.0680 e. The van der Waals surface area contributed by atoms with Crippen LogP contribution in [-0.4, -0.2) is 54.4 Å². The van der Waals surface area contributed by atoms with Crippen molar-refractivity contribution in [2.24, 2.45) is 5.92 Å². The molecular weight excluding hydrogens is 326 g/mol. The number of likely N-dealkylation sites (tertiary alicyclic amines) is 1. The summed E-state index contributed by atoms with van der Waals surface area (Å²) >= 11 is 4.10. The molecular formula is C18H27NO2S2. The largest absolute Gasteiger partial charge is 0.381 e. The Kier molecular flexibility index (Phi) is 5.02. The number of thiophene rings is 1. The van der Waals surface area contributed by atoms with Crippen molar-refractivity contribution in [1.82, 2.24) is 4.90 Å². The van der Waals surface area contributed by atoms with E-state index in [1.54, 1.807) is 0 Å². The normalized spacial score (nSPS) is 28.3.